The summed E-state index contributed by atoms with van der Waals surface area (Å²) >= 11 is 5.76. The SMILES string of the molecule is O=Cc1cc(Cl)ccc1Oc1ccc(F)cc1. The summed E-state index contributed by atoms with van der Waals surface area (Å²) in [5, 5.41) is 0.457. The number of benzene rings is 2. The van der Waals surface area contributed by atoms with Crippen LogP contribution in [0.2, 0.25) is 5.02 Å². The van der Waals surface area contributed by atoms with E-state index in [1.165, 1.54) is 30.3 Å². The normalized spacial score (nSPS) is 10.0. The molecular formula is C13H8ClFO2. The van der Waals surface area contributed by atoms with Crippen molar-refractivity contribution in [1.82, 2.24) is 0 Å². The second-order valence-corrected chi connectivity index (χ2v) is 3.79. The molecule has 86 valence electrons. The monoisotopic (exact) mass is 250 g/mol. The zero-order valence-electron chi connectivity index (χ0n) is 8.69. The molecule has 0 bridgehead atoms. The zero-order chi connectivity index (χ0) is 12.3. The molecule has 0 radical (unpaired) electrons. The molecule has 2 aromatic carbocycles. The molecule has 0 unspecified atom stereocenters. The molecule has 2 nitrogen and oxygen atoms in total. The number of hydrogen-bond donors (Lipinski definition) is 0. The van der Waals surface area contributed by atoms with Gasteiger partial charge in [0.25, 0.3) is 0 Å². The first kappa shape index (κ1) is 11.6. The fraction of sp³-hybridized carbons (Fsp3) is 0. The maximum absolute atomic E-state index is 12.7. The summed E-state index contributed by atoms with van der Waals surface area (Å²) in [5.41, 5.74) is 0.349. The van der Waals surface area contributed by atoms with Gasteiger partial charge in [0, 0.05) is 5.02 Å². The van der Waals surface area contributed by atoms with Crippen molar-refractivity contribution in [3.8, 4) is 11.5 Å². The van der Waals surface area contributed by atoms with Crippen LogP contribution in [0.4, 0.5) is 4.39 Å². The van der Waals surface area contributed by atoms with Crippen molar-refractivity contribution in [2.75, 3.05) is 0 Å². The van der Waals surface area contributed by atoms with Crippen molar-refractivity contribution in [3.63, 3.8) is 0 Å². The van der Waals surface area contributed by atoms with Crippen molar-refractivity contribution in [3.05, 3.63) is 58.9 Å². The highest BCUT2D eigenvalue weighted by Gasteiger charge is 2.05. The van der Waals surface area contributed by atoms with Crippen molar-refractivity contribution >= 4 is 17.9 Å². The number of halogens is 2. The van der Waals surface area contributed by atoms with Gasteiger partial charge in [0.15, 0.2) is 6.29 Å². The highest BCUT2D eigenvalue weighted by atomic mass is 35.5. The summed E-state index contributed by atoms with van der Waals surface area (Å²) in [5.74, 6) is 0.497. The summed E-state index contributed by atoms with van der Waals surface area (Å²) < 4.78 is 18.1. The Balaban J connectivity index is 2.29. The van der Waals surface area contributed by atoms with Crippen LogP contribution in [0.1, 0.15) is 10.4 Å². The van der Waals surface area contributed by atoms with Gasteiger partial charge in [-0.1, -0.05) is 11.6 Å². The van der Waals surface area contributed by atoms with Crippen LogP contribution >= 0.6 is 11.6 Å². The van der Waals surface area contributed by atoms with Crippen LogP contribution in [0.15, 0.2) is 42.5 Å². The minimum absolute atomic E-state index is 0.343. The molecule has 0 spiro atoms. The number of carbonyl (C=O) groups is 1. The van der Waals surface area contributed by atoms with Crippen molar-refractivity contribution < 1.29 is 13.9 Å². The molecular weight excluding hydrogens is 243 g/mol. The summed E-state index contributed by atoms with van der Waals surface area (Å²) in [6.45, 7) is 0. The van der Waals surface area contributed by atoms with E-state index in [2.05, 4.69) is 0 Å². The third-order valence-electron chi connectivity index (χ3n) is 2.14. The molecule has 0 aromatic heterocycles. The second-order valence-electron chi connectivity index (χ2n) is 3.36. The Morgan fingerprint density at radius 3 is 2.47 bits per heavy atom. The Bertz CT molecular complexity index is 538. The first-order chi connectivity index (χ1) is 8.19. The molecule has 2 aromatic rings. The summed E-state index contributed by atoms with van der Waals surface area (Å²) in [7, 11) is 0. The van der Waals surface area contributed by atoms with Gasteiger partial charge in [-0.2, -0.15) is 0 Å². The number of hydrogen-bond acceptors (Lipinski definition) is 2. The number of carbonyl (C=O) groups excluding carboxylic acids is 1. The molecule has 0 amide bonds. The molecule has 0 aliphatic carbocycles. The van der Waals surface area contributed by atoms with E-state index in [1.54, 1.807) is 12.1 Å². The van der Waals surface area contributed by atoms with Crippen molar-refractivity contribution in [1.29, 1.82) is 0 Å². The molecule has 0 saturated heterocycles. The number of aldehydes is 1. The van der Waals surface area contributed by atoms with E-state index in [0.29, 0.717) is 28.4 Å². The Hall–Kier alpha value is -1.87. The van der Waals surface area contributed by atoms with Crippen LogP contribution in [0.3, 0.4) is 0 Å². The van der Waals surface area contributed by atoms with Gasteiger partial charge in [-0.3, -0.25) is 4.79 Å². The lowest BCUT2D eigenvalue weighted by Crippen LogP contribution is -1.90. The summed E-state index contributed by atoms with van der Waals surface area (Å²) in [6.07, 6.45) is 0.657. The van der Waals surface area contributed by atoms with Crippen LogP contribution in [0.25, 0.3) is 0 Å². The van der Waals surface area contributed by atoms with Gasteiger partial charge in [-0.05, 0) is 42.5 Å². The largest absolute Gasteiger partial charge is 0.457 e. The van der Waals surface area contributed by atoms with Gasteiger partial charge in [-0.25, -0.2) is 4.39 Å². The van der Waals surface area contributed by atoms with Crippen LogP contribution in [-0.2, 0) is 0 Å². The van der Waals surface area contributed by atoms with Crippen LogP contribution in [-0.4, -0.2) is 6.29 Å². The Kier molecular flexibility index (Phi) is 3.40. The molecule has 0 N–H and O–H groups in total. The first-order valence-corrected chi connectivity index (χ1v) is 5.25. The standard InChI is InChI=1S/C13H8ClFO2/c14-10-1-6-13(9(7-10)8-16)17-12-4-2-11(15)3-5-12/h1-8H. The van der Waals surface area contributed by atoms with Gasteiger partial charge < -0.3 is 4.74 Å². The lowest BCUT2D eigenvalue weighted by atomic mass is 10.2. The van der Waals surface area contributed by atoms with Gasteiger partial charge in [-0.15, -0.1) is 0 Å². The van der Waals surface area contributed by atoms with E-state index in [9.17, 15) is 9.18 Å². The van der Waals surface area contributed by atoms with Gasteiger partial charge in [0.1, 0.15) is 17.3 Å². The summed E-state index contributed by atoms with van der Waals surface area (Å²) in [6, 6.07) is 10.3. The average molecular weight is 251 g/mol. The van der Waals surface area contributed by atoms with E-state index in [0.717, 1.165) is 0 Å². The van der Waals surface area contributed by atoms with Gasteiger partial charge >= 0.3 is 0 Å². The van der Waals surface area contributed by atoms with E-state index >= 15 is 0 Å². The van der Waals surface area contributed by atoms with Crippen LogP contribution in [0, 0.1) is 5.82 Å². The predicted molar refractivity (Wildman–Crippen MR) is 63.3 cm³/mol. The molecule has 4 heteroatoms. The van der Waals surface area contributed by atoms with Gasteiger partial charge in [0.2, 0.25) is 0 Å². The molecule has 0 saturated carbocycles. The maximum Gasteiger partial charge on any atom is 0.153 e. The van der Waals surface area contributed by atoms with Crippen LogP contribution in [0.5, 0.6) is 11.5 Å². The predicted octanol–water partition coefficient (Wildman–Crippen LogP) is 4.08. The fourth-order valence-corrected chi connectivity index (χ4v) is 1.51. The fourth-order valence-electron chi connectivity index (χ4n) is 1.33. The Morgan fingerprint density at radius 1 is 1.12 bits per heavy atom. The Labute approximate surface area is 103 Å². The molecule has 0 heterocycles. The molecule has 0 aliphatic heterocycles. The quantitative estimate of drug-likeness (QED) is 0.767. The molecule has 17 heavy (non-hydrogen) atoms. The van der Waals surface area contributed by atoms with Crippen molar-refractivity contribution in [2.45, 2.75) is 0 Å². The molecule has 0 aliphatic rings. The molecule has 0 atom stereocenters. The van der Waals surface area contributed by atoms with E-state index in [-0.39, 0.29) is 5.82 Å². The van der Waals surface area contributed by atoms with E-state index in [4.69, 9.17) is 16.3 Å². The number of ether oxygens (including phenoxy) is 1. The minimum atomic E-state index is -0.343. The van der Waals surface area contributed by atoms with Crippen LogP contribution < -0.4 is 4.74 Å². The smallest absolute Gasteiger partial charge is 0.153 e. The molecule has 0 fully saturated rings. The Morgan fingerprint density at radius 2 is 1.82 bits per heavy atom. The van der Waals surface area contributed by atoms with E-state index < -0.39 is 0 Å². The maximum atomic E-state index is 12.7. The topological polar surface area (TPSA) is 26.3 Å². The van der Waals surface area contributed by atoms with Gasteiger partial charge in [0.05, 0.1) is 5.56 Å². The minimum Gasteiger partial charge on any atom is -0.457 e. The average Bonchev–Trinajstić information content (AvgIpc) is 2.34. The number of rotatable bonds is 3. The van der Waals surface area contributed by atoms with E-state index in [1.807, 2.05) is 0 Å². The zero-order valence-corrected chi connectivity index (χ0v) is 9.45. The second kappa shape index (κ2) is 4.97. The summed E-state index contributed by atoms with van der Waals surface area (Å²) in [4.78, 5) is 10.8. The lowest BCUT2D eigenvalue weighted by molar-refractivity contribution is 0.112. The lowest BCUT2D eigenvalue weighted by Gasteiger charge is -2.07. The highest BCUT2D eigenvalue weighted by molar-refractivity contribution is 6.30. The molecule has 2 rings (SSSR count). The van der Waals surface area contributed by atoms with Crippen molar-refractivity contribution in [2.24, 2.45) is 0 Å². The first-order valence-electron chi connectivity index (χ1n) is 4.87. The third kappa shape index (κ3) is 2.82. The third-order valence-corrected chi connectivity index (χ3v) is 2.38. The highest BCUT2D eigenvalue weighted by Crippen LogP contribution is 2.26.